The molecule has 8 heteroatoms. The maximum atomic E-state index is 12.8. The number of likely N-dealkylation sites (tertiary alicyclic amines) is 1. The Kier molecular flexibility index (Phi) is 8.60. The number of aliphatic hydroxyl groups excluding tert-OH is 1. The average molecular weight is 483 g/mol. The van der Waals surface area contributed by atoms with Crippen LogP contribution in [0.25, 0.3) is 0 Å². The maximum absolute atomic E-state index is 12.8. The SMILES string of the molecule is CCOc1ccc(C(=O)CCC(=O)N[C@H](CN2CCCC2)[C@@H](O)c2ccc3c(c2)OCCO3)cc1. The molecule has 2 heterocycles. The van der Waals surface area contributed by atoms with Gasteiger partial charge in [0, 0.05) is 24.9 Å². The Bertz CT molecular complexity index is 1000. The highest BCUT2D eigenvalue weighted by molar-refractivity contribution is 5.98. The molecule has 0 aliphatic carbocycles. The largest absolute Gasteiger partial charge is 0.494 e. The van der Waals surface area contributed by atoms with Crippen molar-refractivity contribution in [2.24, 2.45) is 0 Å². The number of aliphatic hydroxyl groups is 1. The highest BCUT2D eigenvalue weighted by Crippen LogP contribution is 2.33. The molecule has 0 radical (unpaired) electrons. The number of benzene rings is 2. The minimum atomic E-state index is -0.919. The zero-order valence-corrected chi connectivity index (χ0v) is 20.2. The predicted octanol–water partition coefficient (Wildman–Crippen LogP) is 3.13. The van der Waals surface area contributed by atoms with Crippen molar-refractivity contribution in [1.29, 1.82) is 0 Å². The van der Waals surface area contributed by atoms with Crippen LogP contribution in [0.2, 0.25) is 0 Å². The second-order valence-electron chi connectivity index (χ2n) is 8.91. The van der Waals surface area contributed by atoms with Crippen LogP contribution in [0, 0.1) is 0 Å². The maximum Gasteiger partial charge on any atom is 0.220 e. The fourth-order valence-electron chi connectivity index (χ4n) is 4.50. The number of rotatable bonds is 11. The fourth-order valence-corrected chi connectivity index (χ4v) is 4.50. The van der Waals surface area contributed by atoms with Gasteiger partial charge in [0.1, 0.15) is 25.1 Å². The van der Waals surface area contributed by atoms with Crippen LogP contribution in [0.4, 0.5) is 0 Å². The van der Waals surface area contributed by atoms with E-state index in [1.807, 2.05) is 6.92 Å². The molecule has 0 bridgehead atoms. The zero-order valence-electron chi connectivity index (χ0n) is 20.2. The zero-order chi connectivity index (χ0) is 24.6. The van der Waals surface area contributed by atoms with E-state index in [1.54, 1.807) is 42.5 Å². The molecule has 0 saturated carbocycles. The molecule has 1 amide bonds. The Labute approximate surface area is 206 Å². The van der Waals surface area contributed by atoms with Gasteiger partial charge in [-0.2, -0.15) is 0 Å². The number of amides is 1. The summed E-state index contributed by atoms with van der Waals surface area (Å²) < 4.78 is 16.6. The van der Waals surface area contributed by atoms with Crippen LogP contribution in [-0.2, 0) is 4.79 Å². The van der Waals surface area contributed by atoms with E-state index in [1.165, 1.54) is 0 Å². The minimum absolute atomic E-state index is 0.0520. The van der Waals surface area contributed by atoms with Gasteiger partial charge in [-0.1, -0.05) is 6.07 Å². The third-order valence-corrected chi connectivity index (χ3v) is 6.36. The summed E-state index contributed by atoms with van der Waals surface area (Å²) in [7, 11) is 0. The molecular weight excluding hydrogens is 448 g/mol. The molecule has 35 heavy (non-hydrogen) atoms. The number of ether oxygens (including phenoxy) is 3. The summed E-state index contributed by atoms with van der Waals surface area (Å²) in [5.74, 6) is 1.59. The van der Waals surface area contributed by atoms with E-state index < -0.39 is 12.1 Å². The Morgan fingerprint density at radius 3 is 2.46 bits per heavy atom. The van der Waals surface area contributed by atoms with Crippen LogP contribution in [0.1, 0.15) is 54.6 Å². The molecule has 188 valence electrons. The number of nitrogens with one attached hydrogen (secondary N) is 1. The summed E-state index contributed by atoms with van der Waals surface area (Å²) in [6, 6.07) is 11.8. The summed E-state index contributed by atoms with van der Waals surface area (Å²) in [5, 5.41) is 14.2. The predicted molar refractivity (Wildman–Crippen MR) is 131 cm³/mol. The molecule has 0 aromatic heterocycles. The summed E-state index contributed by atoms with van der Waals surface area (Å²) >= 11 is 0. The molecule has 2 aromatic carbocycles. The van der Waals surface area contributed by atoms with Gasteiger partial charge in [-0.05, 0) is 74.8 Å². The van der Waals surface area contributed by atoms with E-state index in [9.17, 15) is 14.7 Å². The average Bonchev–Trinajstić information content (AvgIpc) is 3.40. The van der Waals surface area contributed by atoms with E-state index >= 15 is 0 Å². The van der Waals surface area contributed by atoms with E-state index in [0.29, 0.717) is 54.7 Å². The van der Waals surface area contributed by atoms with Crippen molar-refractivity contribution < 1.29 is 28.9 Å². The quantitative estimate of drug-likeness (QED) is 0.475. The fraction of sp³-hybridized carbons (Fsp3) is 0.481. The van der Waals surface area contributed by atoms with Gasteiger partial charge in [0.25, 0.3) is 0 Å². The Balaban J connectivity index is 1.38. The van der Waals surface area contributed by atoms with Gasteiger partial charge >= 0.3 is 0 Å². The molecule has 2 atom stereocenters. The molecule has 0 spiro atoms. The standard InChI is InChI=1S/C27H34N2O6/c1-2-33-21-8-5-19(6-9-21)23(30)10-12-26(31)28-22(18-29-13-3-4-14-29)27(32)20-7-11-24-25(17-20)35-16-15-34-24/h5-9,11,17,22,27,32H,2-4,10,12-16,18H2,1H3,(H,28,31)/t22-,27+/m1/s1. The molecule has 2 aromatic rings. The summed E-state index contributed by atoms with van der Waals surface area (Å²) in [6.45, 7) is 5.84. The number of hydrogen-bond donors (Lipinski definition) is 2. The third-order valence-electron chi connectivity index (χ3n) is 6.36. The van der Waals surface area contributed by atoms with Crippen molar-refractivity contribution in [1.82, 2.24) is 10.2 Å². The Hall–Kier alpha value is -3.10. The Morgan fingerprint density at radius 1 is 1.03 bits per heavy atom. The molecule has 1 fully saturated rings. The lowest BCUT2D eigenvalue weighted by Gasteiger charge is -2.29. The van der Waals surface area contributed by atoms with Crippen molar-refractivity contribution in [3.63, 3.8) is 0 Å². The van der Waals surface area contributed by atoms with Gasteiger partial charge in [0.15, 0.2) is 17.3 Å². The second-order valence-corrected chi connectivity index (χ2v) is 8.91. The number of nitrogens with zero attached hydrogens (tertiary/aromatic N) is 1. The molecule has 8 nitrogen and oxygen atoms in total. The summed E-state index contributed by atoms with van der Waals surface area (Å²) in [6.07, 6.45) is 1.44. The van der Waals surface area contributed by atoms with Crippen molar-refractivity contribution >= 4 is 11.7 Å². The molecule has 4 rings (SSSR count). The first-order valence-electron chi connectivity index (χ1n) is 12.4. The van der Waals surface area contributed by atoms with Gasteiger partial charge in [-0.15, -0.1) is 0 Å². The number of Topliss-reactive ketones (excluding diaryl/α,β-unsaturated/α-hetero) is 1. The molecular formula is C27H34N2O6. The smallest absolute Gasteiger partial charge is 0.220 e. The molecule has 0 unspecified atom stereocenters. The van der Waals surface area contributed by atoms with Crippen molar-refractivity contribution in [2.45, 2.75) is 44.8 Å². The van der Waals surface area contributed by atoms with E-state index in [0.717, 1.165) is 25.9 Å². The Morgan fingerprint density at radius 2 is 1.74 bits per heavy atom. The van der Waals surface area contributed by atoms with Crippen LogP contribution in [0.3, 0.4) is 0 Å². The number of hydrogen-bond acceptors (Lipinski definition) is 7. The molecule has 1 saturated heterocycles. The lowest BCUT2D eigenvalue weighted by molar-refractivity contribution is -0.122. The van der Waals surface area contributed by atoms with Crippen molar-refractivity contribution in [3.05, 3.63) is 53.6 Å². The first kappa shape index (κ1) is 25.0. The first-order chi connectivity index (χ1) is 17.0. The highest BCUT2D eigenvalue weighted by Gasteiger charge is 2.28. The van der Waals surface area contributed by atoms with Gasteiger partial charge in [-0.25, -0.2) is 0 Å². The van der Waals surface area contributed by atoms with Crippen molar-refractivity contribution in [3.8, 4) is 17.2 Å². The number of carbonyl (C=O) groups excluding carboxylic acids is 2. The minimum Gasteiger partial charge on any atom is -0.494 e. The molecule has 2 N–H and O–H groups in total. The van der Waals surface area contributed by atoms with Gasteiger partial charge in [0.2, 0.25) is 5.91 Å². The number of fused-ring (bicyclic) bond motifs is 1. The highest BCUT2D eigenvalue weighted by atomic mass is 16.6. The van der Waals surface area contributed by atoms with E-state index in [2.05, 4.69) is 10.2 Å². The van der Waals surface area contributed by atoms with E-state index in [4.69, 9.17) is 14.2 Å². The van der Waals surface area contributed by atoms with Crippen LogP contribution < -0.4 is 19.5 Å². The van der Waals surface area contributed by atoms with Crippen molar-refractivity contribution in [2.75, 3.05) is 39.5 Å². The number of carbonyl (C=O) groups is 2. The van der Waals surface area contributed by atoms with E-state index in [-0.39, 0.29) is 24.5 Å². The van der Waals surface area contributed by atoms with Crippen LogP contribution in [0.15, 0.2) is 42.5 Å². The topological polar surface area (TPSA) is 97.3 Å². The summed E-state index contributed by atoms with van der Waals surface area (Å²) in [5.41, 5.74) is 1.20. The first-order valence-corrected chi connectivity index (χ1v) is 12.4. The lowest BCUT2D eigenvalue weighted by atomic mass is 10.00. The number of ketones is 1. The van der Waals surface area contributed by atoms with Gasteiger partial charge < -0.3 is 29.5 Å². The molecule has 2 aliphatic heterocycles. The molecule has 2 aliphatic rings. The summed E-state index contributed by atoms with van der Waals surface area (Å²) in [4.78, 5) is 27.6. The third kappa shape index (κ3) is 6.74. The van der Waals surface area contributed by atoms with Crippen LogP contribution in [0.5, 0.6) is 17.2 Å². The monoisotopic (exact) mass is 482 g/mol. The second kappa shape index (κ2) is 12.0. The van der Waals surface area contributed by atoms with Crippen LogP contribution >= 0.6 is 0 Å². The van der Waals surface area contributed by atoms with Crippen LogP contribution in [-0.4, -0.2) is 67.2 Å². The normalized spacial score (nSPS) is 17.0. The lowest BCUT2D eigenvalue weighted by Crippen LogP contribution is -2.46. The van der Waals surface area contributed by atoms with Gasteiger partial charge in [0.05, 0.1) is 12.6 Å². The van der Waals surface area contributed by atoms with Gasteiger partial charge in [-0.3, -0.25) is 9.59 Å².